The summed E-state index contributed by atoms with van der Waals surface area (Å²) in [5.41, 5.74) is 0.243. The molecule has 2 aromatic rings. The number of aromatic carboxylic acids is 1. The lowest BCUT2D eigenvalue weighted by molar-refractivity contribution is 0.0696. The van der Waals surface area contributed by atoms with Crippen LogP contribution in [-0.2, 0) is 0 Å². The molecular weight excluding hydrogens is 276 g/mol. The average Bonchev–Trinajstić information content (AvgIpc) is 2.47. The molecule has 1 aromatic heterocycles. The highest BCUT2D eigenvalue weighted by Crippen LogP contribution is 2.26. The Morgan fingerprint density at radius 2 is 1.90 bits per heavy atom. The molecule has 0 aliphatic carbocycles. The van der Waals surface area contributed by atoms with Gasteiger partial charge in [-0.25, -0.2) is 9.78 Å². The maximum Gasteiger partial charge on any atom is 0.337 e. The van der Waals surface area contributed by atoms with E-state index in [0.29, 0.717) is 0 Å². The summed E-state index contributed by atoms with van der Waals surface area (Å²) in [6.07, 6.45) is 1.14. The maximum atomic E-state index is 12.0. The van der Waals surface area contributed by atoms with Crippen LogP contribution < -0.4 is 10.1 Å². The maximum absolute atomic E-state index is 12.0. The van der Waals surface area contributed by atoms with Crippen molar-refractivity contribution in [3.63, 3.8) is 0 Å². The number of hydrogen-bond acceptors (Lipinski definition) is 5. The molecule has 1 aromatic carbocycles. The molecule has 0 spiro atoms. The van der Waals surface area contributed by atoms with Crippen molar-refractivity contribution in [1.29, 1.82) is 0 Å². The number of methoxy groups -OCH3 is 1. The van der Waals surface area contributed by atoms with Gasteiger partial charge in [-0.15, -0.1) is 0 Å². The summed E-state index contributed by atoms with van der Waals surface area (Å²) in [5.74, 6) is -1.26. The molecule has 3 N–H and O–H groups in total. The molecule has 0 radical (unpaired) electrons. The molecule has 0 saturated carbocycles. The number of benzene rings is 1. The first-order chi connectivity index (χ1) is 10.0. The molecule has 0 unspecified atom stereocenters. The van der Waals surface area contributed by atoms with Crippen molar-refractivity contribution in [2.75, 3.05) is 12.4 Å². The Kier molecular flexibility index (Phi) is 4.03. The van der Waals surface area contributed by atoms with Crippen LogP contribution in [0.3, 0.4) is 0 Å². The van der Waals surface area contributed by atoms with Crippen LogP contribution in [-0.4, -0.2) is 34.2 Å². The van der Waals surface area contributed by atoms with Gasteiger partial charge in [0.2, 0.25) is 0 Å². The molecule has 0 saturated heterocycles. The quantitative estimate of drug-likeness (QED) is 0.790. The van der Waals surface area contributed by atoms with Crippen LogP contribution in [0.5, 0.6) is 11.5 Å². The van der Waals surface area contributed by atoms with Crippen LogP contribution in [0.4, 0.5) is 5.82 Å². The summed E-state index contributed by atoms with van der Waals surface area (Å²) in [6.45, 7) is 0. The van der Waals surface area contributed by atoms with Gasteiger partial charge in [0, 0.05) is 11.8 Å². The summed E-state index contributed by atoms with van der Waals surface area (Å²) < 4.78 is 4.88. The van der Waals surface area contributed by atoms with Crippen molar-refractivity contribution in [3.05, 3.63) is 47.7 Å². The van der Waals surface area contributed by atoms with Crippen LogP contribution in [0, 0.1) is 0 Å². The zero-order valence-electron chi connectivity index (χ0n) is 11.0. The molecule has 21 heavy (non-hydrogen) atoms. The van der Waals surface area contributed by atoms with E-state index in [4.69, 9.17) is 9.84 Å². The Balaban J connectivity index is 2.14. The number of pyridine rings is 1. The van der Waals surface area contributed by atoms with Gasteiger partial charge in [-0.3, -0.25) is 4.79 Å². The van der Waals surface area contributed by atoms with E-state index < -0.39 is 11.9 Å². The number of amides is 1. The van der Waals surface area contributed by atoms with E-state index in [1.807, 2.05) is 0 Å². The fourth-order valence-corrected chi connectivity index (χ4v) is 1.61. The monoisotopic (exact) mass is 288 g/mol. The second-order valence-electron chi connectivity index (χ2n) is 4.08. The van der Waals surface area contributed by atoms with Crippen molar-refractivity contribution in [1.82, 2.24) is 4.98 Å². The number of phenols is 1. The number of anilines is 1. The number of carbonyl (C=O) groups is 2. The Hall–Kier alpha value is -3.09. The van der Waals surface area contributed by atoms with E-state index in [1.54, 1.807) is 0 Å². The van der Waals surface area contributed by atoms with E-state index >= 15 is 0 Å². The summed E-state index contributed by atoms with van der Waals surface area (Å²) in [7, 11) is 1.41. The van der Waals surface area contributed by atoms with E-state index in [0.717, 1.165) is 6.20 Å². The number of carbonyl (C=O) groups excluding carboxylic acids is 1. The van der Waals surface area contributed by atoms with E-state index in [9.17, 15) is 14.7 Å². The molecule has 0 aliphatic heterocycles. The summed E-state index contributed by atoms with van der Waals surface area (Å²) in [6, 6.07) is 6.92. The number of nitrogens with zero attached hydrogens (tertiary/aromatic N) is 1. The first kappa shape index (κ1) is 14.3. The molecule has 0 bridgehead atoms. The molecule has 7 heteroatoms. The standard InChI is InChI=1S/C14H12N2O5/c1-21-11-4-2-8(6-10(11)17)13(18)16-12-5-3-9(7-15-12)14(19)20/h2-7,17H,1H3,(H,19,20)(H,15,16,18). The van der Waals surface area contributed by atoms with Crippen molar-refractivity contribution in [2.24, 2.45) is 0 Å². The van der Waals surface area contributed by atoms with Crippen molar-refractivity contribution in [2.45, 2.75) is 0 Å². The molecule has 0 fully saturated rings. The smallest absolute Gasteiger partial charge is 0.337 e. The fraction of sp³-hybridized carbons (Fsp3) is 0.0714. The van der Waals surface area contributed by atoms with E-state index in [2.05, 4.69) is 10.3 Å². The number of aromatic hydroxyl groups is 1. The summed E-state index contributed by atoms with van der Waals surface area (Å²) in [4.78, 5) is 26.5. The highest BCUT2D eigenvalue weighted by molar-refractivity contribution is 6.04. The third-order valence-electron chi connectivity index (χ3n) is 2.69. The summed E-state index contributed by atoms with van der Waals surface area (Å²) in [5, 5.41) is 20.9. The minimum Gasteiger partial charge on any atom is -0.504 e. The van der Waals surface area contributed by atoms with Crippen molar-refractivity contribution < 1.29 is 24.5 Å². The number of phenolic OH excluding ortho intramolecular Hbond substituents is 1. The lowest BCUT2D eigenvalue weighted by atomic mass is 10.2. The number of hydrogen-bond donors (Lipinski definition) is 3. The van der Waals surface area contributed by atoms with Gasteiger partial charge in [-0.05, 0) is 30.3 Å². The third-order valence-corrected chi connectivity index (χ3v) is 2.69. The van der Waals surface area contributed by atoms with Crippen LogP contribution in [0.1, 0.15) is 20.7 Å². The van der Waals surface area contributed by atoms with Gasteiger partial charge >= 0.3 is 5.97 Å². The highest BCUT2D eigenvalue weighted by atomic mass is 16.5. The Morgan fingerprint density at radius 1 is 1.19 bits per heavy atom. The van der Waals surface area contributed by atoms with Crippen LogP contribution in [0.15, 0.2) is 36.5 Å². The number of nitrogens with one attached hydrogen (secondary N) is 1. The number of carboxylic acids is 1. The normalized spacial score (nSPS) is 9.95. The Bertz CT molecular complexity index is 682. The van der Waals surface area contributed by atoms with Crippen LogP contribution in [0.25, 0.3) is 0 Å². The highest BCUT2D eigenvalue weighted by Gasteiger charge is 2.11. The third kappa shape index (κ3) is 3.27. The molecule has 1 amide bonds. The molecule has 0 aliphatic rings. The van der Waals surface area contributed by atoms with Gasteiger partial charge in [0.15, 0.2) is 11.5 Å². The van der Waals surface area contributed by atoms with Gasteiger partial charge < -0.3 is 20.3 Å². The number of ether oxygens (including phenoxy) is 1. The van der Waals surface area contributed by atoms with E-state index in [-0.39, 0.29) is 28.4 Å². The predicted octanol–water partition coefficient (Wildman–Crippen LogP) is 1.75. The van der Waals surface area contributed by atoms with Gasteiger partial charge in [0.05, 0.1) is 12.7 Å². The minimum atomic E-state index is -1.10. The molecular formula is C14H12N2O5. The number of rotatable bonds is 4. The Labute approximate surface area is 119 Å². The topological polar surface area (TPSA) is 109 Å². The van der Waals surface area contributed by atoms with E-state index in [1.165, 1.54) is 37.4 Å². The van der Waals surface area contributed by atoms with Crippen molar-refractivity contribution >= 4 is 17.7 Å². The molecule has 1 heterocycles. The second kappa shape index (κ2) is 5.91. The van der Waals surface area contributed by atoms with Gasteiger partial charge in [-0.1, -0.05) is 0 Å². The largest absolute Gasteiger partial charge is 0.504 e. The molecule has 0 atom stereocenters. The molecule has 2 rings (SSSR count). The molecule has 108 valence electrons. The number of aromatic nitrogens is 1. The van der Waals surface area contributed by atoms with Crippen LogP contribution >= 0.6 is 0 Å². The zero-order chi connectivity index (χ0) is 15.4. The van der Waals surface area contributed by atoms with Gasteiger partial charge in [0.1, 0.15) is 5.82 Å². The Morgan fingerprint density at radius 3 is 2.43 bits per heavy atom. The predicted molar refractivity (Wildman–Crippen MR) is 73.8 cm³/mol. The van der Waals surface area contributed by atoms with Crippen molar-refractivity contribution in [3.8, 4) is 11.5 Å². The first-order valence-electron chi connectivity index (χ1n) is 5.89. The zero-order valence-corrected chi connectivity index (χ0v) is 11.0. The second-order valence-corrected chi connectivity index (χ2v) is 4.08. The minimum absolute atomic E-state index is 0.0232. The lowest BCUT2D eigenvalue weighted by Crippen LogP contribution is -2.13. The first-order valence-corrected chi connectivity index (χ1v) is 5.89. The summed E-state index contributed by atoms with van der Waals surface area (Å²) >= 11 is 0. The van der Waals surface area contributed by atoms with Gasteiger partial charge in [0.25, 0.3) is 5.91 Å². The lowest BCUT2D eigenvalue weighted by Gasteiger charge is -2.07. The molecule has 7 nitrogen and oxygen atoms in total. The SMILES string of the molecule is COc1ccc(C(=O)Nc2ccc(C(=O)O)cn2)cc1O. The number of carboxylic acid groups (broad SMARTS) is 1. The average molecular weight is 288 g/mol. The van der Waals surface area contributed by atoms with Gasteiger partial charge in [-0.2, -0.15) is 0 Å². The van der Waals surface area contributed by atoms with Crippen LogP contribution in [0.2, 0.25) is 0 Å². The fourth-order valence-electron chi connectivity index (χ4n) is 1.61.